The van der Waals surface area contributed by atoms with Crippen molar-refractivity contribution in [3.63, 3.8) is 0 Å². The monoisotopic (exact) mass is 427 g/mol. The van der Waals surface area contributed by atoms with Gasteiger partial charge in [0.1, 0.15) is 11.6 Å². The molecule has 6 nitrogen and oxygen atoms in total. The Morgan fingerprint density at radius 1 is 1.13 bits per heavy atom. The lowest BCUT2D eigenvalue weighted by Crippen LogP contribution is -2.22. The van der Waals surface area contributed by atoms with E-state index in [0.29, 0.717) is 30.6 Å². The minimum absolute atomic E-state index is 0.0850. The predicted molar refractivity (Wildman–Crippen MR) is 112 cm³/mol. The first-order chi connectivity index (χ1) is 14.8. The van der Waals surface area contributed by atoms with Gasteiger partial charge in [0.2, 0.25) is 5.89 Å². The second-order valence-electron chi connectivity index (χ2n) is 8.84. The molecule has 3 aromatic rings. The van der Waals surface area contributed by atoms with Gasteiger partial charge >= 0.3 is 0 Å². The third-order valence-electron chi connectivity index (χ3n) is 5.88. The van der Waals surface area contributed by atoms with Gasteiger partial charge in [-0.1, -0.05) is 25.1 Å². The highest BCUT2D eigenvalue weighted by Crippen LogP contribution is 2.43. The zero-order valence-corrected chi connectivity index (χ0v) is 18.3. The zero-order valence-electron chi connectivity index (χ0n) is 18.3. The van der Waals surface area contributed by atoms with Crippen LogP contribution in [0.2, 0.25) is 0 Å². The number of fused-ring (bicyclic) bond motifs is 1. The lowest BCUT2D eigenvalue weighted by Gasteiger charge is -2.32. The van der Waals surface area contributed by atoms with Crippen molar-refractivity contribution in [2.75, 3.05) is 14.1 Å². The number of aromatic nitrogens is 4. The molecule has 8 heteroatoms. The largest absolute Gasteiger partial charge is 0.338 e. The van der Waals surface area contributed by atoms with Gasteiger partial charge in [0.15, 0.2) is 5.82 Å². The summed E-state index contributed by atoms with van der Waals surface area (Å²) < 4.78 is 34.0. The standard InChI is InChI=1S/C23H27F2N5O/c1-13(2)15-9-8-14(10-20-26-21(31-29-20)12-30(3)4)23-16(15)11-19(27-28-23)22-17(24)6-5-7-18(22)25/h5-7,11,13-15H,8-10,12H2,1-4H3. The normalized spacial score (nSPS) is 18.6. The van der Waals surface area contributed by atoms with Crippen molar-refractivity contribution in [1.29, 1.82) is 0 Å². The van der Waals surface area contributed by atoms with E-state index < -0.39 is 11.6 Å². The molecule has 2 aromatic heterocycles. The van der Waals surface area contributed by atoms with E-state index in [-0.39, 0.29) is 23.1 Å². The Morgan fingerprint density at radius 2 is 1.87 bits per heavy atom. The van der Waals surface area contributed by atoms with Crippen LogP contribution in [0.15, 0.2) is 28.8 Å². The lowest BCUT2D eigenvalue weighted by molar-refractivity contribution is 0.301. The van der Waals surface area contributed by atoms with Crippen LogP contribution in [0.5, 0.6) is 0 Å². The molecule has 0 radical (unpaired) electrons. The maximum absolute atomic E-state index is 14.3. The Kier molecular flexibility index (Phi) is 6.09. The molecular formula is C23H27F2N5O. The van der Waals surface area contributed by atoms with Crippen molar-refractivity contribution in [1.82, 2.24) is 25.2 Å². The maximum atomic E-state index is 14.3. The minimum atomic E-state index is -0.636. The highest BCUT2D eigenvalue weighted by Gasteiger charge is 2.32. The Bertz CT molecular complexity index is 1050. The van der Waals surface area contributed by atoms with Crippen LogP contribution in [0.4, 0.5) is 8.78 Å². The molecule has 2 heterocycles. The molecule has 0 saturated heterocycles. The van der Waals surface area contributed by atoms with Crippen LogP contribution in [-0.4, -0.2) is 39.3 Å². The van der Waals surface area contributed by atoms with Gasteiger partial charge in [-0.2, -0.15) is 15.2 Å². The molecule has 4 rings (SSSR count). The number of halogens is 2. The number of nitrogens with zero attached hydrogens (tertiary/aromatic N) is 5. The van der Waals surface area contributed by atoms with Gasteiger partial charge in [-0.15, -0.1) is 0 Å². The first kappa shape index (κ1) is 21.5. The Balaban J connectivity index is 1.68. The summed E-state index contributed by atoms with van der Waals surface area (Å²) in [4.78, 5) is 6.46. The van der Waals surface area contributed by atoms with E-state index >= 15 is 0 Å². The first-order valence-corrected chi connectivity index (χ1v) is 10.6. The van der Waals surface area contributed by atoms with Crippen molar-refractivity contribution >= 4 is 0 Å². The number of hydrogen-bond acceptors (Lipinski definition) is 6. The Hall–Kier alpha value is -2.74. The number of rotatable bonds is 6. The molecule has 0 aliphatic heterocycles. The smallest absolute Gasteiger partial charge is 0.240 e. The summed E-state index contributed by atoms with van der Waals surface area (Å²) in [5.41, 5.74) is 1.97. The summed E-state index contributed by atoms with van der Waals surface area (Å²) in [6, 6.07) is 5.64. The van der Waals surface area contributed by atoms with Gasteiger partial charge in [-0.05, 0) is 62.5 Å². The van der Waals surface area contributed by atoms with Gasteiger partial charge in [-0.25, -0.2) is 8.78 Å². The fraction of sp³-hybridized carbons (Fsp3) is 0.478. The molecule has 1 aliphatic carbocycles. The third-order valence-corrected chi connectivity index (χ3v) is 5.88. The molecule has 1 aliphatic rings. The Morgan fingerprint density at radius 3 is 2.55 bits per heavy atom. The van der Waals surface area contributed by atoms with Crippen molar-refractivity contribution in [2.45, 2.75) is 51.5 Å². The summed E-state index contributed by atoms with van der Waals surface area (Å²) >= 11 is 0. The van der Waals surface area contributed by atoms with E-state index in [2.05, 4.69) is 34.2 Å². The van der Waals surface area contributed by atoms with Crippen LogP contribution < -0.4 is 0 Å². The van der Waals surface area contributed by atoms with E-state index in [1.54, 1.807) is 0 Å². The summed E-state index contributed by atoms with van der Waals surface area (Å²) in [6.45, 7) is 4.90. The molecule has 31 heavy (non-hydrogen) atoms. The van der Waals surface area contributed by atoms with E-state index in [9.17, 15) is 8.78 Å². The molecular weight excluding hydrogens is 400 g/mol. The predicted octanol–water partition coefficient (Wildman–Crippen LogP) is 4.73. The lowest BCUT2D eigenvalue weighted by atomic mass is 9.73. The number of hydrogen-bond donors (Lipinski definition) is 0. The van der Waals surface area contributed by atoms with E-state index in [1.165, 1.54) is 18.2 Å². The highest BCUT2D eigenvalue weighted by atomic mass is 19.1. The summed E-state index contributed by atoms with van der Waals surface area (Å²) in [5, 5.41) is 12.8. The van der Waals surface area contributed by atoms with Crippen molar-refractivity contribution in [2.24, 2.45) is 5.92 Å². The van der Waals surface area contributed by atoms with Gasteiger partial charge in [0.05, 0.1) is 23.5 Å². The molecule has 0 fully saturated rings. The quantitative estimate of drug-likeness (QED) is 0.567. The van der Waals surface area contributed by atoms with Crippen molar-refractivity contribution in [3.05, 3.63) is 58.9 Å². The molecule has 2 atom stereocenters. The van der Waals surface area contributed by atoms with Crippen LogP contribution in [0, 0.1) is 17.6 Å². The molecule has 2 unspecified atom stereocenters. The van der Waals surface area contributed by atoms with E-state index in [1.807, 2.05) is 25.1 Å². The summed E-state index contributed by atoms with van der Waals surface area (Å²) in [7, 11) is 3.89. The number of benzene rings is 1. The van der Waals surface area contributed by atoms with Crippen LogP contribution in [-0.2, 0) is 13.0 Å². The van der Waals surface area contributed by atoms with Gasteiger partial charge < -0.3 is 9.42 Å². The average Bonchev–Trinajstić information content (AvgIpc) is 3.13. The molecule has 0 amide bonds. The van der Waals surface area contributed by atoms with Crippen LogP contribution in [0.1, 0.15) is 61.5 Å². The first-order valence-electron chi connectivity index (χ1n) is 10.6. The molecule has 0 bridgehead atoms. The minimum Gasteiger partial charge on any atom is -0.338 e. The van der Waals surface area contributed by atoms with Crippen LogP contribution in [0.3, 0.4) is 0 Å². The SMILES string of the molecule is CC(C)C1CCC(Cc2noc(CN(C)C)n2)c2nnc(-c3c(F)cccc3F)cc21. The second kappa shape index (κ2) is 8.78. The van der Waals surface area contributed by atoms with Crippen molar-refractivity contribution < 1.29 is 13.3 Å². The fourth-order valence-corrected chi connectivity index (χ4v) is 4.39. The fourth-order valence-electron chi connectivity index (χ4n) is 4.39. The second-order valence-corrected chi connectivity index (χ2v) is 8.84. The van der Waals surface area contributed by atoms with Gasteiger partial charge in [0, 0.05) is 12.3 Å². The van der Waals surface area contributed by atoms with E-state index in [0.717, 1.165) is 24.1 Å². The molecule has 164 valence electrons. The summed E-state index contributed by atoms with van der Waals surface area (Å²) in [6.07, 6.45) is 2.48. The highest BCUT2D eigenvalue weighted by molar-refractivity contribution is 5.61. The average molecular weight is 427 g/mol. The van der Waals surface area contributed by atoms with E-state index in [4.69, 9.17) is 4.52 Å². The third kappa shape index (κ3) is 4.49. The Labute approximate surface area is 180 Å². The topological polar surface area (TPSA) is 67.9 Å². The van der Waals surface area contributed by atoms with Gasteiger partial charge in [-0.3, -0.25) is 0 Å². The van der Waals surface area contributed by atoms with Crippen molar-refractivity contribution in [3.8, 4) is 11.3 Å². The van der Waals surface area contributed by atoms with Crippen LogP contribution in [0.25, 0.3) is 11.3 Å². The molecule has 0 N–H and O–H groups in total. The van der Waals surface area contributed by atoms with Crippen LogP contribution >= 0.6 is 0 Å². The molecule has 0 saturated carbocycles. The summed E-state index contributed by atoms with van der Waals surface area (Å²) in [5.74, 6) is 0.658. The van der Waals surface area contributed by atoms with Gasteiger partial charge in [0.25, 0.3) is 0 Å². The molecule has 1 aromatic carbocycles. The zero-order chi connectivity index (χ0) is 22.1. The maximum Gasteiger partial charge on any atom is 0.240 e. The molecule has 0 spiro atoms.